The maximum Gasteiger partial charge on any atom is 0.308 e. The smallest absolute Gasteiger partial charge is 0.308 e. The van der Waals surface area contributed by atoms with Crippen LogP contribution in [0.15, 0.2) is 0 Å². The zero-order valence-electron chi connectivity index (χ0n) is 10.5. The molecule has 5 nitrogen and oxygen atoms in total. The van der Waals surface area contributed by atoms with Gasteiger partial charge in [0, 0.05) is 19.0 Å². The Morgan fingerprint density at radius 1 is 1.41 bits per heavy atom. The van der Waals surface area contributed by atoms with Gasteiger partial charge in [0.1, 0.15) is 0 Å². The number of aliphatic carboxylic acids is 1. The summed E-state index contributed by atoms with van der Waals surface area (Å²) >= 11 is 0. The fourth-order valence-electron chi connectivity index (χ4n) is 1.81. The summed E-state index contributed by atoms with van der Waals surface area (Å²) in [6.07, 6.45) is 2.52. The van der Waals surface area contributed by atoms with Crippen LogP contribution in [0.3, 0.4) is 0 Å². The first kappa shape index (κ1) is 14.0. The van der Waals surface area contributed by atoms with Gasteiger partial charge in [0.2, 0.25) is 5.91 Å². The predicted octanol–water partition coefficient (Wildman–Crippen LogP) is 0.587. The van der Waals surface area contributed by atoms with Crippen LogP contribution in [0.2, 0.25) is 0 Å². The van der Waals surface area contributed by atoms with Crippen molar-refractivity contribution in [3.8, 4) is 0 Å². The molecule has 1 fully saturated rings. The Labute approximate surface area is 102 Å². The van der Waals surface area contributed by atoms with E-state index in [1.54, 1.807) is 0 Å². The van der Waals surface area contributed by atoms with E-state index in [9.17, 15) is 9.59 Å². The van der Waals surface area contributed by atoms with Crippen LogP contribution in [-0.4, -0.2) is 29.6 Å². The maximum absolute atomic E-state index is 11.6. The monoisotopic (exact) mass is 242 g/mol. The number of hydrogen-bond acceptors (Lipinski definition) is 3. The molecule has 1 amide bonds. The molecular weight excluding hydrogens is 220 g/mol. The zero-order valence-corrected chi connectivity index (χ0v) is 10.5. The molecule has 0 aromatic rings. The van der Waals surface area contributed by atoms with Gasteiger partial charge in [-0.15, -0.1) is 0 Å². The number of carbonyl (C=O) groups is 2. The maximum atomic E-state index is 11.6. The topological polar surface area (TPSA) is 92.4 Å². The van der Waals surface area contributed by atoms with Crippen LogP contribution in [0.4, 0.5) is 0 Å². The number of nitrogens with one attached hydrogen (secondary N) is 1. The van der Waals surface area contributed by atoms with Crippen LogP contribution in [0, 0.1) is 17.8 Å². The second-order valence-electron chi connectivity index (χ2n) is 5.20. The summed E-state index contributed by atoms with van der Waals surface area (Å²) in [5.41, 5.74) is 5.83. The number of rotatable bonds is 7. The Morgan fingerprint density at radius 2 is 2.00 bits per heavy atom. The van der Waals surface area contributed by atoms with Gasteiger partial charge in [-0.3, -0.25) is 9.59 Å². The highest BCUT2D eigenvalue weighted by Gasteiger charge is 2.30. The molecule has 0 aromatic carbocycles. The van der Waals surface area contributed by atoms with Crippen molar-refractivity contribution in [2.24, 2.45) is 23.5 Å². The van der Waals surface area contributed by atoms with Gasteiger partial charge >= 0.3 is 5.97 Å². The lowest BCUT2D eigenvalue weighted by atomic mass is 9.96. The van der Waals surface area contributed by atoms with Crippen molar-refractivity contribution in [3.63, 3.8) is 0 Å². The third-order valence-electron chi connectivity index (χ3n) is 3.29. The van der Waals surface area contributed by atoms with Gasteiger partial charge in [0.25, 0.3) is 0 Å². The van der Waals surface area contributed by atoms with E-state index in [1.165, 1.54) is 0 Å². The lowest BCUT2D eigenvalue weighted by Crippen LogP contribution is -2.38. The number of carboxylic acids is 1. The quantitative estimate of drug-likeness (QED) is 0.609. The van der Waals surface area contributed by atoms with Crippen molar-refractivity contribution < 1.29 is 14.7 Å². The average Bonchev–Trinajstić information content (AvgIpc) is 2.99. The fourth-order valence-corrected chi connectivity index (χ4v) is 1.81. The minimum atomic E-state index is -0.869. The van der Waals surface area contributed by atoms with Gasteiger partial charge in [-0.1, -0.05) is 13.8 Å². The molecule has 17 heavy (non-hydrogen) atoms. The van der Waals surface area contributed by atoms with Gasteiger partial charge in [0.05, 0.1) is 5.92 Å². The fraction of sp³-hybridized carbons (Fsp3) is 0.833. The van der Waals surface area contributed by atoms with E-state index < -0.39 is 11.9 Å². The van der Waals surface area contributed by atoms with Crippen molar-refractivity contribution in [3.05, 3.63) is 0 Å². The van der Waals surface area contributed by atoms with E-state index in [4.69, 9.17) is 10.8 Å². The van der Waals surface area contributed by atoms with E-state index in [0.29, 0.717) is 12.3 Å². The SMILES string of the molecule is CC(C)C(CNC(=O)CC(N)C1CC1)C(=O)O. The molecule has 5 heteroatoms. The molecule has 0 aromatic heterocycles. The largest absolute Gasteiger partial charge is 0.481 e. The normalized spacial score (nSPS) is 18.8. The molecule has 0 spiro atoms. The van der Waals surface area contributed by atoms with Crippen LogP contribution in [0.5, 0.6) is 0 Å². The molecule has 4 N–H and O–H groups in total. The summed E-state index contributed by atoms with van der Waals surface area (Å²) in [4.78, 5) is 22.5. The van der Waals surface area contributed by atoms with Crippen molar-refractivity contribution in [2.75, 3.05) is 6.54 Å². The van der Waals surface area contributed by atoms with Gasteiger partial charge < -0.3 is 16.2 Å². The first-order chi connectivity index (χ1) is 7.91. The van der Waals surface area contributed by atoms with Crippen LogP contribution in [-0.2, 0) is 9.59 Å². The van der Waals surface area contributed by atoms with Gasteiger partial charge in [-0.05, 0) is 24.7 Å². The lowest BCUT2D eigenvalue weighted by molar-refractivity contribution is -0.143. The standard InChI is InChI=1S/C12H22N2O3/c1-7(2)9(12(16)17)6-14-11(15)5-10(13)8-3-4-8/h7-10H,3-6,13H2,1-2H3,(H,14,15)(H,16,17). The molecule has 0 radical (unpaired) electrons. The Hall–Kier alpha value is -1.10. The summed E-state index contributed by atoms with van der Waals surface area (Å²) in [7, 11) is 0. The number of amides is 1. The first-order valence-corrected chi connectivity index (χ1v) is 6.17. The molecule has 1 saturated carbocycles. The molecule has 0 bridgehead atoms. The summed E-state index contributed by atoms with van der Waals surface area (Å²) in [5, 5.41) is 11.6. The van der Waals surface area contributed by atoms with Crippen LogP contribution in [0.25, 0.3) is 0 Å². The molecule has 0 saturated heterocycles. The Balaban J connectivity index is 2.27. The second kappa shape index (κ2) is 6.00. The highest BCUT2D eigenvalue weighted by molar-refractivity contribution is 5.78. The van der Waals surface area contributed by atoms with Crippen molar-refractivity contribution >= 4 is 11.9 Å². The highest BCUT2D eigenvalue weighted by atomic mass is 16.4. The number of nitrogens with two attached hydrogens (primary N) is 1. The van der Waals surface area contributed by atoms with Crippen LogP contribution < -0.4 is 11.1 Å². The highest BCUT2D eigenvalue weighted by Crippen LogP contribution is 2.32. The second-order valence-corrected chi connectivity index (χ2v) is 5.20. The van der Waals surface area contributed by atoms with E-state index in [1.807, 2.05) is 13.8 Å². The minimum absolute atomic E-state index is 0.00454. The third kappa shape index (κ3) is 4.73. The predicted molar refractivity (Wildman–Crippen MR) is 64.3 cm³/mol. The van der Waals surface area contributed by atoms with Crippen LogP contribution >= 0.6 is 0 Å². The van der Waals surface area contributed by atoms with Crippen LogP contribution in [0.1, 0.15) is 33.1 Å². The molecule has 98 valence electrons. The van der Waals surface area contributed by atoms with Crippen molar-refractivity contribution in [1.29, 1.82) is 0 Å². The van der Waals surface area contributed by atoms with Crippen molar-refractivity contribution in [1.82, 2.24) is 5.32 Å². The number of hydrogen-bond donors (Lipinski definition) is 3. The average molecular weight is 242 g/mol. The summed E-state index contributed by atoms with van der Waals surface area (Å²) < 4.78 is 0. The Kier molecular flexibility index (Phi) is 4.93. The molecule has 0 heterocycles. The van der Waals surface area contributed by atoms with E-state index in [0.717, 1.165) is 12.8 Å². The molecular formula is C12H22N2O3. The minimum Gasteiger partial charge on any atom is -0.481 e. The molecule has 1 rings (SSSR count). The molecule has 2 unspecified atom stereocenters. The van der Waals surface area contributed by atoms with Gasteiger partial charge in [-0.25, -0.2) is 0 Å². The van der Waals surface area contributed by atoms with Gasteiger partial charge in [0.15, 0.2) is 0 Å². The Morgan fingerprint density at radius 3 is 2.41 bits per heavy atom. The number of carbonyl (C=O) groups excluding carboxylic acids is 1. The third-order valence-corrected chi connectivity index (χ3v) is 3.29. The summed E-state index contributed by atoms with van der Waals surface area (Å²) in [6.45, 7) is 3.85. The molecule has 2 atom stereocenters. The lowest BCUT2D eigenvalue weighted by Gasteiger charge is -2.17. The molecule has 1 aliphatic rings. The van der Waals surface area contributed by atoms with E-state index >= 15 is 0 Å². The summed E-state index contributed by atoms with van der Waals surface area (Å²) in [5.74, 6) is -1.05. The zero-order chi connectivity index (χ0) is 13.0. The van der Waals surface area contributed by atoms with E-state index in [2.05, 4.69) is 5.32 Å². The first-order valence-electron chi connectivity index (χ1n) is 6.17. The Bertz CT molecular complexity index is 287. The van der Waals surface area contributed by atoms with Crippen molar-refractivity contribution in [2.45, 2.75) is 39.2 Å². The number of carboxylic acid groups (broad SMARTS) is 1. The molecule has 1 aliphatic carbocycles. The molecule has 0 aliphatic heterocycles. The summed E-state index contributed by atoms with van der Waals surface area (Å²) in [6, 6.07) is -0.0719. The van der Waals surface area contributed by atoms with Gasteiger partial charge in [-0.2, -0.15) is 0 Å². The van der Waals surface area contributed by atoms with E-state index in [-0.39, 0.29) is 24.4 Å².